The number of para-hydroxylation sites is 2. The number of non-ortho nitro benzene ring substituents is 1. The standard InChI is InChI=1S/C31H25N5O3S2/c1-39-28-10-3-2-8-26(28)34-20-6-9-27(34)30-29(25-7-4-5-19-32-25)33-31(40)35(30)21-11-15-23(16-12-21)41-24-17-13-22(14-18-24)36(37)38/h2-20,29-30H,1H3,(H,33,40)/t29-,30-/m1/s1. The van der Waals surface area contributed by atoms with E-state index in [-0.39, 0.29) is 17.8 Å². The van der Waals surface area contributed by atoms with Crippen LogP contribution in [-0.2, 0) is 0 Å². The van der Waals surface area contributed by atoms with Gasteiger partial charge in [0.2, 0.25) is 0 Å². The average molecular weight is 580 g/mol. The molecule has 1 saturated heterocycles. The number of methoxy groups -OCH3 is 1. The minimum absolute atomic E-state index is 0.0751. The molecule has 1 fully saturated rings. The van der Waals surface area contributed by atoms with Crippen molar-refractivity contribution in [2.45, 2.75) is 21.9 Å². The van der Waals surface area contributed by atoms with Gasteiger partial charge in [0.1, 0.15) is 11.8 Å². The number of aromatic nitrogens is 2. The van der Waals surface area contributed by atoms with E-state index in [0.29, 0.717) is 5.11 Å². The number of ether oxygens (including phenoxy) is 1. The van der Waals surface area contributed by atoms with Crippen LogP contribution < -0.4 is 15.0 Å². The van der Waals surface area contributed by atoms with E-state index in [1.54, 1.807) is 37.2 Å². The maximum atomic E-state index is 11.0. The number of nitrogens with zero attached hydrogens (tertiary/aromatic N) is 4. The first-order valence-electron chi connectivity index (χ1n) is 12.9. The highest BCUT2D eigenvalue weighted by Gasteiger charge is 2.42. The topological polar surface area (TPSA) is 85.5 Å². The van der Waals surface area contributed by atoms with Crippen LogP contribution in [-0.4, -0.2) is 26.7 Å². The van der Waals surface area contributed by atoms with Crippen LogP contribution in [0.2, 0.25) is 0 Å². The lowest BCUT2D eigenvalue weighted by Crippen LogP contribution is -2.30. The van der Waals surface area contributed by atoms with Gasteiger partial charge in [0.15, 0.2) is 5.11 Å². The van der Waals surface area contributed by atoms with E-state index in [4.69, 9.17) is 17.0 Å². The van der Waals surface area contributed by atoms with Crippen molar-refractivity contribution < 1.29 is 9.66 Å². The fourth-order valence-corrected chi connectivity index (χ4v) is 6.23. The van der Waals surface area contributed by atoms with E-state index in [0.717, 1.165) is 38.3 Å². The van der Waals surface area contributed by atoms with E-state index >= 15 is 0 Å². The Hall–Kier alpha value is -4.67. The van der Waals surface area contributed by atoms with Gasteiger partial charge in [0.25, 0.3) is 5.69 Å². The maximum absolute atomic E-state index is 11.0. The number of pyridine rings is 1. The first-order valence-corrected chi connectivity index (χ1v) is 14.1. The predicted octanol–water partition coefficient (Wildman–Crippen LogP) is 7.12. The van der Waals surface area contributed by atoms with Crippen molar-refractivity contribution in [3.05, 3.63) is 137 Å². The molecule has 41 heavy (non-hydrogen) atoms. The molecule has 10 heteroatoms. The molecule has 0 amide bonds. The minimum Gasteiger partial charge on any atom is -0.495 e. The maximum Gasteiger partial charge on any atom is 0.269 e. The van der Waals surface area contributed by atoms with Gasteiger partial charge < -0.3 is 19.5 Å². The van der Waals surface area contributed by atoms with Gasteiger partial charge in [-0.25, -0.2) is 0 Å². The molecule has 0 bridgehead atoms. The quantitative estimate of drug-likeness (QED) is 0.118. The highest BCUT2D eigenvalue weighted by atomic mass is 32.2. The summed E-state index contributed by atoms with van der Waals surface area (Å²) >= 11 is 7.47. The fraction of sp³-hybridized carbons (Fsp3) is 0.0968. The average Bonchev–Trinajstić information content (AvgIpc) is 3.62. The fourth-order valence-electron chi connectivity index (χ4n) is 5.06. The van der Waals surface area contributed by atoms with E-state index in [1.165, 1.54) is 12.1 Å². The third-order valence-electron chi connectivity index (χ3n) is 6.92. The Morgan fingerprint density at radius 2 is 1.63 bits per heavy atom. The van der Waals surface area contributed by atoms with Crippen molar-refractivity contribution in [2.75, 3.05) is 12.0 Å². The van der Waals surface area contributed by atoms with Crippen LogP contribution in [0.5, 0.6) is 5.75 Å². The Morgan fingerprint density at radius 1 is 0.927 bits per heavy atom. The number of anilines is 1. The van der Waals surface area contributed by atoms with E-state index in [2.05, 4.69) is 25.8 Å². The highest BCUT2D eigenvalue weighted by Crippen LogP contribution is 2.43. The Kier molecular flexibility index (Phi) is 7.41. The zero-order valence-electron chi connectivity index (χ0n) is 22.0. The molecule has 0 aliphatic carbocycles. The normalized spacial score (nSPS) is 16.4. The molecule has 3 heterocycles. The second-order valence-corrected chi connectivity index (χ2v) is 10.9. The monoisotopic (exact) mass is 579 g/mol. The third kappa shape index (κ3) is 5.27. The van der Waals surface area contributed by atoms with E-state index in [1.807, 2.05) is 79.0 Å². The molecule has 204 valence electrons. The Labute approximate surface area is 246 Å². The predicted molar refractivity (Wildman–Crippen MR) is 164 cm³/mol. The zero-order valence-corrected chi connectivity index (χ0v) is 23.6. The first-order chi connectivity index (χ1) is 20.0. The molecule has 6 rings (SSSR count). The van der Waals surface area contributed by atoms with E-state index in [9.17, 15) is 10.1 Å². The summed E-state index contributed by atoms with van der Waals surface area (Å²) in [5, 5.41) is 15.1. The summed E-state index contributed by atoms with van der Waals surface area (Å²) in [4.78, 5) is 19.3. The summed E-state index contributed by atoms with van der Waals surface area (Å²) in [7, 11) is 1.67. The molecule has 2 atom stereocenters. The van der Waals surface area contributed by atoms with Crippen LogP contribution in [0.1, 0.15) is 23.5 Å². The van der Waals surface area contributed by atoms with Crippen LogP contribution in [0.4, 0.5) is 11.4 Å². The molecule has 1 aliphatic rings. The Bertz CT molecular complexity index is 1690. The van der Waals surface area contributed by atoms with Gasteiger partial charge in [-0.2, -0.15) is 0 Å². The van der Waals surface area contributed by atoms with Crippen molar-refractivity contribution in [3.63, 3.8) is 0 Å². The second kappa shape index (κ2) is 11.4. The van der Waals surface area contributed by atoms with Crippen LogP contribution in [0.15, 0.2) is 125 Å². The zero-order chi connectivity index (χ0) is 28.3. The number of nitro benzene ring substituents is 1. The van der Waals surface area contributed by atoms with Gasteiger partial charge in [-0.15, -0.1) is 0 Å². The lowest BCUT2D eigenvalue weighted by atomic mass is 10.0. The second-order valence-electron chi connectivity index (χ2n) is 9.32. The van der Waals surface area contributed by atoms with Gasteiger partial charge in [0, 0.05) is 45.7 Å². The summed E-state index contributed by atoms with van der Waals surface area (Å²) in [6.45, 7) is 0. The molecular formula is C31H25N5O3S2. The summed E-state index contributed by atoms with van der Waals surface area (Å²) in [5.74, 6) is 0.770. The van der Waals surface area contributed by atoms with E-state index < -0.39 is 4.92 Å². The molecule has 2 aromatic heterocycles. The molecule has 8 nitrogen and oxygen atoms in total. The lowest BCUT2D eigenvalue weighted by molar-refractivity contribution is -0.384. The molecule has 0 unspecified atom stereocenters. The molecule has 0 saturated carbocycles. The van der Waals surface area contributed by atoms with Gasteiger partial charge in [-0.3, -0.25) is 15.1 Å². The number of hydrogen-bond donors (Lipinski definition) is 1. The number of nitrogens with one attached hydrogen (secondary N) is 1. The number of hydrogen-bond acceptors (Lipinski definition) is 6. The van der Waals surface area contributed by atoms with Crippen LogP contribution in [0.25, 0.3) is 5.69 Å². The van der Waals surface area contributed by atoms with Gasteiger partial charge in [-0.1, -0.05) is 30.0 Å². The highest BCUT2D eigenvalue weighted by molar-refractivity contribution is 7.99. The molecular weight excluding hydrogens is 555 g/mol. The molecule has 5 aromatic rings. The molecule has 1 aliphatic heterocycles. The SMILES string of the molecule is COc1ccccc1-n1cccc1[C@@H]1[C@@H](c2ccccn2)NC(=S)N1c1ccc(Sc2ccc([N+](=O)[O-])cc2)cc1. The van der Waals surface area contributed by atoms with Crippen LogP contribution in [0.3, 0.4) is 0 Å². The largest absolute Gasteiger partial charge is 0.495 e. The van der Waals surface area contributed by atoms with Crippen molar-refractivity contribution >= 4 is 40.5 Å². The smallest absolute Gasteiger partial charge is 0.269 e. The van der Waals surface area contributed by atoms with Gasteiger partial charge in [-0.05, 0) is 85.0 Å². The van der Waals surface area contributed by atoms with Crippen LogP contribution >= 0.6 is 24.0 Å². The molecule has 0 spiro atoms. The van der Waals surface area contributed by atoms with Crippen LogP contribution in [0, 0.1) is 10.1 Å². The van der Waals surface area contributed by atoms with Crippen molar-refractivity contribution in [1.29, 1.82) is 0 Å². The van der Waals surface area contributed by atoms with Crippen molar-refractivity contribution in [1.82, 2.24) is 14.9 Å². The molecule has 0 radical (unpaired) electrons. The molecule has 3 aromatic carbocycles. The number of benzene rings is 3. The van der Waals surface area contributed by atoms with Gasteiger partial charge in [0.05, 0.1) is 29.5 Å². The van der Waals surface area contributed by atoms with Crippen molar-refractivity contribution in [2.24, 2.45) is 0 Å². The number of nitro groups is 1. The van der Waals surface area contributed by atoms with Crippen molar-refractivity contribution in [3.8, 4) is 11.4 Å². The summed E-state index contributed by atoms with van der Waals surface area (Å²) in [6, 6.07) is 32.3. The first kappa shape index (κ1) is 26.5. The van der Waals surface area contributed by atoms with Gasteiger partial charge >= 0.3 is 0 Å². The summed E-state index contributed by atoms with van der Waals surface area (Å²) in [5.41, 5.74) is 3.86. The number of rotatable bonds is 8. The Morgan fingerprint density at radius 3 is 2.32 bits per heavy atom. The summed E-state index contributed by atoms with van der Waals surface area (Å²) < 4.78 is 7.83. The lowest BCUT2D eigenvalue weighted by Gasteiger charge is -2.29. The third-order valence-corrected chi connectivity index (χ3v) is 8.25. The molecule has 1 N–H and O–H groups in total. The number of thiocarbonyl (C=S) groups is 1. The Balaban J connectivity index is 1.37. The minimum atomic E-state index is -0.394. The summed E-state index contributed by atoms with van der Waals surface area (Å²) in [6.07, 6.45) is 3.83.